The maximum absolute atomic E-state index is 12.8. The summed E-state index contributed by atoms with van der Waals surface area (Å²) in [5.41, 5.74) is 3.96. The number of benzene rings is 1. The molecule has 0 spiro atoms. The molecule has 1 aromatic carbocycles. The summed E-state index contributed by atoms with van der Waals surface area (Å²) in [6, 6.07) is 9.87. The second kappa shape index (κ2) is 6.09. The molecule has 7 nitrogen and oxygen atoms in total. The van der Waals surface area contributed by atoms with Crippen molar-refractivity contribution in [2.45, 2.75) is 25.7 Å². The van der Waals surface area contributed by atoms with Gasteiger partial charge in [-0.2, -0.15) is 9.61 Å². The van der Waals surface area contributed by atoms with E-state index >= 15 is 0 Å². The first kappa shape index (κ1) is 16.5. The van der Waals surface area contributed by atoms with Gasteiger partial charge < -0.3 is 9.64 Å². The summed E-state index contributed by atoms with van der Waals surface area (Å²) in [6.07, 6.45) is 2.29. The van der Waals surface area contributed by atoms with Gasteiger partial charge in [0.1, 0.15) is 11.7 Å². The monoisotopic (exact) mass is 351 g/mol. The van der Waals surface area contributed by atoms with Crippen LogP contribution in [0.25, 0.3) is 5.65 Å². The Morgan fingerprint density at radius 2 is 2.00 bits per heavy atom. The molecule has 1 unspecified atom stereocenters. The molecule has 4 rings (SSSR count). The normalized spacial score (nSPS) is 19.9. The van der Waals surface area contributed by atoms with Gasteiger partial charge in [0, 0.05) is 13.1 Å². The summed E-state index contributed by atoms with van der Waals surface area (Å²) in [6.45, 7) is 5.28. The second-order valence-electron chi connectivity index (χ2n) is 6.77. The van der Waals surface area contributed by atoms with E-state index in [1.807, 2.05) is 44.2 Å². The second-order valence-corrected chi connectivity index (χ2v) is 6.77. The van der Waals surface area contributed by atoms with Crippen LogP contribution in [0, 0.1) is 13.8 Å². The van der Waals surface area contributed by atoms with Gasteiger partial charge in [-0.25, -0.2) is 0 Å². The van der Waals surface area contributed by atoms with Crippen LogP contribution in [-0.2, 0) is 14.9 Å². The highest BCUT2D eigenvalue weighted by Crippen LogP contribution is 2.40. The maximum Gasteiger partial charge on any atom is 0.318 e. The SMILES string of the molecule is COC(=O)C1(c2ccccc2)CCN(c2c(C)c(C)nn3cnnc23)C1. The fourth-order valence-electron chi connectivity index (χ4n) is 3.89. The van der Waals surface area contributed by atoms with E-state index in [1.54, 1.807) is 10.8 Å². The number of hydrogen-bond donors (Lipinski definition) is 0. The lowest BCUT2D eigenvalue weighted by Gasteiger charge is -2.28. The lowest BCUT2D eigenvalue weighted by Crippen LogP contribution is -2.40. The summed E-state index contributed by atoms with van der Waals surface area (Å²) in [4.78, 5) is 15.0. The van der Waals surface area contributed by atoms with Crippen LogP contribution in [0.3, 0.4) is 0 Å². The topological polar surface area (TPSA) is 72.6 Å². The maximum atomic E-state index is 12.8. The molecule has 1 fully saturated rings. The molecule has 7 heteroatoms. The van der Waals surface area contributed by atoms with Crippen molar-refractivity contribution >= 4 is 17.3 Å². The number of nitrogens with zero attached hydrogens (tertiary/aromatic N) is 5. The van der Waals surface area contributed by atoms with E-state index in [9.17, 15) is 4.79 Å². The first-order valence-corrected chi connectivity index (χ1v) is 8.63. The average Bonchev–Trinajstić information content (AvgIpc) is 3.30. The molecule has 26 heavy (non-hydrogen) atoms. The van der Waals surface area contributed by atoms with Gasteiger partial charge in [-0.05, 0) is 31.4 Å². The molecule has 0 radical (unpaired) electrons. The Hall–Kier alpha value is -2.96. The summed E-state index contributed by atoms with van der Waals surface area (Å²) in [5, 5.41) is 12.7. The summed E-state index contributed by atoms with van der Waals surface area (Å²) in [7, 11) is 1.45. The van der Waals surface area contributed by atoms with Gasteiger partial charge >= 0.3 is 5.97 Å². The number of methoxy groups -OCH3 is 1. The Bertz CT molecular complexity index is 969. The minimum Gasteiger partial charge on any atom is -0.468 e. The van der Waals surface area contributed by atoms with Crippen LogP contribution in [0.4, 0.5) is 5.69 Å². The van der Waals surface area contributed by atoms with E-state index in [-0.39, 0.29) is 5.97 Å². The summed E-state index contributed by atoms with van der Waals surface area (Å²) in [5.74, 6) is -0.202. The van der Waals surface area contributed by atoms with E-state index in [4.69, 9.17) is 4.74 Å². The fraction of sp³-hybridized carbons (Fsp3) is 0.368. The molecule has 0 bridgehead atoms. The van der Waals surface area contributed by atoms with Crippen LogP contribution in [-0.4, -0.2) is 46.0 Å². The minimum atomic E-state index is -0.684. The standard InChI is InChI=1S/C19H21N5O2/c1-13-14(2)22-24-12-20-21-17(24)16(13)23-10-9-19(11-23,18(25)26-3)15-7-5-4-6-8-15/h4-8,12H,9-11H2,1-3H3. The Morgan fingerprint density at radius 3 is 2.73 bits per heavy atom. The zero-order valence-electron chi connectivity index (χ0n) is 15.1. The van der Waals surface area contributed by atoms with E-state index in [0.29, 0.717) is 18.6 Å². The number of ether oxygens (including phenoxy) is 1. The van der Waals surface area contributed by atoms with Crippen molar-refractivity contribution in [2.75, 3.05) is 25.1 Å². The van der Waals surface area contributed by atoms with Crippen molar-refractivity contribution in [3.8, 4) is 0 Å². The Balaban J connectivity index is 1.82. The highest BCUT2D eigenvalue weighted by molar-refractivity contribution is 5.86. The molecule has 0 amide bonds. The molecule has 1 aliphatic rings. The summed E-state index contributed by atoms with van der Waals surface area (Å²) < 4.78 is 6.88. The lowest BCUT2D eigenvalue weighted by atomic mass is 9.79. The highest BCUT2D eigenvalue weighted by Gasteiger charge is 2.48. The lowest BCUT2D eigenvalue weighted by molar-refractivity contribution is -0.146. The molecule has 0 aliphatic carbocycles. The molecule has 3 aromatic rings. The Morgan fingerprint density at radius 1 is 1.23 bits per heavy atom. The number of esters is 1. The van der Waals surface area contributed by atoms with E-state index in [0.717, 1.165) is 29.1 Å². The van der Waals surface area contributed by atoms with Gasteiger partial charge in [0.05, 0.1) is 18.5 Å². The third-order valence-electron chi connectivity index (χ3n) is 5.39. The third kappa shape index (κ3) is 2.34. The molecular formula is C19H21N5O2. The largest absolute Gasteiger partial charge is 0.468 e. The van der Waals surface area contributed by atoms with Gasteiger partial charge in [-0.3, -0.25) is 4.79 Å². The Kier molecular flexibility index (Phi) is 3.86. The molecule has 1 saturated heterocycles. The molecule has 1 aliphatic heterocycles. The van der Waals surface area contributed by atoms with Crippen LogP contribution in [0.1, 0.15) is 23.2 Å². The van der Waals surface area contributed by atoms with Gasteiger partial charge in [0.2, 0.25) is 5.65 Å². The average molecular weight is 351 g/mol. The van der Waals surface area contributed by atoms with Crippen LogP contribution in [0.2, 0.25) is 0 Å². The number of carbonyl (C=O) groups excluding carboxylic acids is 1. The molecular weight excluding hydrogens is 330 g/mol. The zero-order valence-corrected chi connectivity index (χ0v) is 15.1. The number of aryl methyl sites for hydroxylation is 1. The highest BCUT2D eigenvalue weighted by atomic mass is 16.5. The first-order chi connectivity index (χ1) is 12.6. The fourth-order valence-corrected chi connectivity index (χ4v) is 3.89. The van der Waals surface area contributed by atoms with Crippen LogP contribution >= 0.6 is 0 Å². The van der Waals surface area contributed by atoms with Crippen molar-refractivity contribution in [2.24, 2.45) is 0 Å². The molecule has 3 heterocycles. The van der Waals surface area contributed by atoms with Gasteiger partial charge in [0.15, 0.2) is 0 Å². The molecule has 2 aromatic heterocycles. The van der Waals surface area contributed by atoms with E-state index < -0.39 is 5.41 Å². The van der Waals surface area contributed by atoms with Gasteiger partial charge in [-0.1, -0.05) is 30.3 Å². The van der Waals surface area contributed by atoms with Crippen LogP contribution in [0.5, 0.6) is 0 Å². The zero-order chi connectivity index (χ0) is 18.3. The van der Waals surface area contributed by atoms with Gasteiger partial charge in [0.25, 0.3) is 0 Å². The molecule has 0 N–H and O–H groups in total. The number of fused-ring (bicyclic) bond motifs is 1. The van der Waals surface area contributed by atoms with Crippen LogP contribution < -0.4 is 4.90 Å². The van der Waals surface area contributed by atoms with Crippen LogP contribution in [0.15, 0.2) is 36.7 Å². The number of anilines is 1. The van der Waals surface area contributed by atoms with E-state index in [2.05, 4.69) is 20.2 Å². The van der Waals surface area contributed by atoms with Crippen molar-refractivity contribution < 1.29 is 9.53 Å². The molecule has 1 atom stereocenters. The first-order valence-electron chi connectivity index (χ1n) is 8.63. The van der Waals surface area contributed by atoms with Crippen molar-refractivity contribution in [3.05, 3.63) is 53.5 Å². The predicted octanol–water partition coefficient (Wildman–Crippen LogP) is 2.06. The molecule has 134 valence electrons. The number of aromatic nitrogens is 4. The number of rotatable bonds is 3. The van der Waals surface area contributed by atoms with Crippen molar-refractivity contribution in [3.63, 3.8) is 0 Å². The smallest absolute Gasteiger partial charge is 0.318 e. The number of hydrogen-bond acceptors (Lipinski definition) is 6. The van der Waals surface area contributed by atoms with Gasteiger partial charge in [-0.15, -0.1) is 10.2 Å². The number of carbonyl (C=O) groups is 1. The predicted molar refractivity (Wildman–Crippen MR) is 97.2 cm³/mol. The third-order valence-corrected chi connectivity index (χ3v) is 5.39. The minimum absolute atomic E-state index is 0.202. The molecule has 0 saturated carbocycles. The van der Waals surface area contributed by atoms with E-state index in [1.165, 1.54) is 7.11 Å². The quantitative estimate of drug-likeness (QED) is 0.673. The van der Waals surface area contributed by atoms with Crippen molar-refractivity contribution in [1.82, 2.24) is 19.8 Å². The van der Waals surface area contributed by atoms with Crippen molar-refractivity contribution in [1.29, 1.82) is 0 Å². The summed E-state index contributed by atoms with van der Waals surface area (Å²) >= 11 is 0. The Labute approximate surface area is 151 Å².